The van der Waals surface area contributed by atoms with E-state index >= 15 is 0 Å². The van der Waals surface area contributed by atoms with Gasteiger partial charge in [0.25, 0.3) is 0 Å². The van der Waals surface area contributed by atoms with Gasteiger partial charge in [0.05, 0.1) is 32.3 Å². The molecule has 4 rings (SSSR count). The molecule has 9 nitrogen and oxygen atoms in total. The number of thioether (sulfide) groups is 1. The van der Waals surface area contributed by atoms with E-state index in [-0.39, 0.29) is 11.7 Å². The number of carbonyl (C=O) groups excluding carboxylic acids is 1. The molecule has 1 N–H and O–H groups in total. The lowest BCUT2D eigenvalue weighted by molar-refractivity contribution is -0.113. The maximum atomic E-state index is 12.5. The summed E-state index contributed by atoms with van der Waals surface area (Å²) in [7, 11) is 3.13. The lowest BCUT2D eigenvalue weighted by Crippen LogP contribution is -2.15. The Morgan fingerprint density at radius 3 is 2.56 bits per heavy atom. The number of aromatic nitrogens is 3. The molecule has 0 saturated heterocycles. The van der Waals surface area contributed by atoms with Crippen LogP contribution in [0, 0.1) is 0 Å². The molecule has 0 unspecified atom stereocenters. The molecule has 0 saturated carbocycles. The van der Waals surface area contributed by atoms with Crippen LogP contribution in [0.4, 0.5) is 17.3 Å². The molecule has 168 valence electrons. The highest BCUT2D eigenvalue weighted by Gasteiger charge is 2.26. The quantitative estimate of drug-likeness (QED) is 0.490. The fraction of sp³-hybridized carbons (Fsp3) is 0.318. The van der Waals surface area contributed by atoms with Crippen molar-refractivity contribution in [2.75, 3.05) is 43.3 Å². The molecule has 0 bridgehead atoms. The molecule has 3 aromatic rings. The van der Waals surface area contributed by atoms with Crippen LogP contribution in [0.3, 0.4) is 0 Å². The summed E-state index contributed by atoms with van der Waals surface area (Å²) in [5.74, 6) is 2.86. The number of benzene rings is 2. The van der Waals surface area contributed by atoms with Crippen LogP contribution in [-0.4, -0.2) is 53.8 Å². The van der Waals surface area contributed by atoms with E-state index in [4.69, 9.17) is 14.2 Å². The summed E-state index contributed by atoms with van der Waals surface area (Å²) in [5, 5.41) is 12.2. The fourth-order valence-electron chi connectivity index (χ4n) is 3.43. The number of hydrogen-bond acceptors (Lipinski definition) is 8. The van der Waals surface area contributed by atoms with Gasteiger partial charge < -0.3 is 24.4 Å². The molecule has 2 heterocycles. The number of methoxy groups -OCH3 is 2. The third-order valence-corrected chi connectivity index (χ3v) is 5.93. The van der Waals surface area contributed by atoms with E-state index in [0.717, 1.165) is 30.5 Å². The Kier molecular flexibility index (Phi) is 6.69. The third kappa shape index (κ3) is 4.59. The average Bonchev–Trinajstić information content (AvgIpc) is 3.41. The summed E-state index contributed by atoms with van der Waals surface area (Å²) >= 11 is 1.35. The van der Waals surface area contributed by atoms with Crippen molar-refractivity contribution < 1.29 is 19.0 Å². The molecule has 1 aliphatic heterocycles. The van der Waals surface area contributed by atoms with E-state index in [1.807, 2.05) is 35.8 Å². The van der Waals surface area contributed by atoms with Crippen LogP contribution in [0.15, 0.2) is 47.6 Å². The lowest BCUT2D eigenvalue weighted by atomic mass is 10.2. The van der Waals surface area contributed by atoms with E-state index in [9.17, 15) is 4.79 Å². The SMILES string of the molecule is CCOc1ccc(N2CCn3c(SCC(=O)Nc4ccc(OC)cc4OC)nnc32)cc1. The summed E-state index contributed by atoms with van der Waals surface area (Å²) in [5.41, 5.74) is 1.62. The smallest absolute Gasteiger partial charge is 0.234 e. The summed E-state index contributed by atoms with van der Waals surface area (Å²) in [4.78, 5) is 14.6. The molecule has 10 heteroatoms. The van der Waals surface area contributed by atoms with E-state index in [1.54, 1.807) is 32.4 Å². The molecule has 0 fully saturated rings. The molecule has 0 spiro atoms. The second-order valence-electron chi connectivity index (χ2n) is 6.92. The van der Waals surface area contributed by atoms with E-state index in [0.29, 0.717) is 28.9 Å². The van der Waals surface area contributed by atoms with Crippen molar-refractivity contribution in [2.24, 2.45) is 0 Å². The first-order chi connectivity index (χ1) is 15.6. The zero-order valence-corrected chi connectivity index (χ0v) is 19.0. The number of hydrogen-bond donors (Lipinski definition) is 1. The Bertz CT molecular complexity index is 1090. The van der Waals surface area contributed by atoms with Gasteiger partial charge in [-0.2, -0.15) is 0 Å². The fourth-order valence-corrected chi connectivity index (χ4v) is 4.19. The number of fused-ring (bicyclic) bond motifs is 1. The topological polar surface area (TPSA) is 90.7 Å². The van der Waals surface area contributed by atoms with Crippen molar-refractivity contribution in [3.05, 3.63) is 42.5 Å². The first-order valence-electron chi connectivity index (χ1n) is 10.2. The predicted octanol–water partition coefficient (Wildman–Crippen LogP) is 3.58. The maximum Gasteiger partial charge on any atom is 0.234 e. The standard InChI is InChI=1S/C22H25N5O4S/c1-4-31-16-7-5-15(6-8-16)26-11-12-27-21(26)24-25-22(27)32-14-20(28)23-18-10-9-17(29-2)13-19(18)30-3/h5-10,13H,4,11-12,14H2,1-3H3,(H,23,28). The third-order valence-electron chi connectivity index (χ3n) is 4.96. The summed E-state index contributed by atoms with van der Waals surface area (Å²) < 4.78 is 18.1. The van der Waals surface area contributed by atoms with E-state index in [2.05, 4.69) is 20.4 Å². The minimum Gasteiger partial charge on any atom is -0.497 e. The number of amides is 1. The molecule has 1 amide bonds. The van der Waals surface area contributed by atoms with Gasteiger partial charge in [0.15, 0.2) is 5.16 Å². The molecule has 0 atom stereocenters. The van der Waals surface area contributed by atoms with Gasteiger partial charge in [-0.1, -0.05) is 11.8 Å². The molecule has 32 heavy (non-hydrogen) atoms. The van der Waals surface area contributed by atoms with Gasteiger partial charge in [-0.05, 0) is 43.3 Å². The Morgan fingerprint density at radius 1 is 1.06 bits per heavy atom. The predicted molar refractivity (Wildman–Crippen MR) is 124 cm³/mol. The number of nitrogens with zero attached hydrogens (tertiary/aromatic N) is 4. The minimum absolute atomic E-state index is 0.155. The van der Waals surface area contributed by atoms with Crippen molar-refractivity contribution in [1.82, 2.24) is 14.8 Å². The van der Waals surface area contributed by atoms with E-state index < -0.39 is 0 Å². The van der Waals surface area contributed by atoms with Crippen molar-refractivity contribution in [3.63, 3.8) is 0 Å². The van der Waals surface area contributed by atoms with Crippen LogP contribution < -0.4 is 24.4 Å². The minimum atomic E-state index is -0.155. The zero-order chi connectivity index (χ0) is 22.5. The maximum absolute atomic E-state index is 12.5. The number of anilines is 3. The monoisotopic (exact) mass is 455 g/mol. The van der Waals surface area contributed by atoms with E-state index in [1.165, 1.54) is 11.8 Å². The van der Waals surface area contributed by atoms with Gasteiger partial charge in [0.1, 0.15) is 17.2 Å². The highest BCUT2D eigenvalue weighted by molar-refractivity contribution is 7.99. The number of ether oxygens (including phenoxy) is 3. The molecule has 0 aliphatic carbocycles. The second kappa shape index (κ2) is 9.82. The number of rotatable bonds is 9. The number of carbonyl (C=O) groups is 1. The Morgan fingerprint density at radius 2 is 1.84 bits per heavy atom. The van der Waals surface area contributed by atoms with Gasteiger partial charge in [0.2, 0.25) is 11.9 Å². The first kappa shape index (κ1) is 21.8. The molecule has 1 aromatic heterocycles. The second-order valence-corrected chi connectivity index (χ2v) is 7.86. The molecular weight excluding hydrogens is 430 g/mol. The Balaban J connectivity index is 1.39. The average molecular weight is 456 g/mol. The van der Waals surface area contributed by atoms with Gasteiger partial charge in [-0.3, -0.25) is 9.36 Å². The van der Waals surface area contributed by atoms with Crippen molar-refractivity contribution in [2.45, 2.75) is 18.6 Å². The van der Waals surface area contributed by atoms with Crippen LogP contribution >= 0.6 is 11.8 Å². The van der Waals surface area contributed by atoms with Gasteiger partial charge in [-0.15, -0.1) is 10.2 Å². The highest BCUT2D eigenvalue weighted by atomic mass is 32.2. The highest BCUT2D eigenvalue weighted by Crippen LogP contribution is 2.33. The normalized spacial score (nSPS) is 12.4. The largest absolute Gasteiger partial charge is 0.497 e. The van der Waals surface area contributed by atoms with Crippen molar-refractivity contribution in [1.29, 1.82) is 0 Å². The van der Waals surface area contributed by atoms with Crippen LogP contribution in [0.2, 0.25) is 0 Å². The van der Waals surface area contributed by atoms with Crippen molar-refractivity contribution in [3.8, 4) is 17.2 Å². The molecular formula is C22H25N5O4S. The van der Waals surface area contributed by atoms with Gasteiger partial charge in [-0.25, -0.2) is 0 Å². The van der Waals surface area contributed by atoms with Crippen LogP contribution in [0.1, 0.15) is 6.92 Å². The van der Waals surface area contributed by atoms with Crippen LogP contribution in [-0.2, 0) is 11.3 Å². The summed E-state index contributed by atoms with van der Waals surface area (Å²) in [6.07, 6.45) is 0. The summed E-state index contributed by atoms with van der Waals surface area (Å²) in [6, 6.07) is 13.2. The molecule has 1 aliphatic rings. The Hall–Kier alpha value is -3.40. The first-order valence-corrected chi connectivity index (χ1v) is 11.2. The molecule has 0 radical (unpaired) electrons. The summed E-state index contributed by atoms with van der Waals surface area (Å²) in [6.45, 7) is 4.15. The van der Waals surface area contributed by atoms with Gasteiger partial charge >= 0.3 is 0 Å². The number of nitrogens with one attached hydrogen (secondary N) is 1. The lowest BCUT2D eigenvalue weighted by Gasteiger charge is -2.15. The molecule has 2 aromatic carbocycles. The van der Waals surface area contributed by atoms with Crippen LogP contribution in [0.25, 0.3) is 0 Å². The van der Waals surface area contributed by atoms with Crippen molar-refractivity contribution >= 4 is 35.0 Å². The van der Waals surface area contributed by atoms with Crippen LogP contribution in [0.5, 0.6) is 17.2 Å². The van der Waals surface area contributed by atoms with Gasteiger partial charge in [0, 0.05) is 24.8 Å². The zero-order valence-electron chi connectivity index (χ0n) is 18.2. The Labute approximate surface area is 190 Å².